The Balaban J connectivity index is 2.12. The fraction of sp³-hybridized carbons (Fsp3) is 0.357. The van der Waals surface area contributed by atoms with Gasteiger partial charge in [-0.1, -0.05) is 24.3 Å². The Bertz CT molecular complexity index is 533. The van der Waals surface area contributed by atoms with Gasteiger partial charge in [0.05, 0.1) is 0 Å². The molecule has 0 radical (unpaired) electrons. The molecular weight excluding hydrogens is 276 g/mol. The van der Waals surface area contributed by atoms with Crippen LogP contribution < -0.4 is 4.90 Å². The third-order valence-corrected chi connectivity index (χ3v) is 4.01. The highest BCUT2D eigenvalue weighted by Crippen LogP contribution is 2.31. The van der Waals surface area contributed by atoms with Crippen LogP contribution in [0.1, 0.15) is 19.3 Å². The number of hydrogen-bond acceptors (Lipinski definition) is 2. The second-order valence-electron chi connectivity index (χ2n) is 4.52. The molecule has 0 aliphatic carbocycles. The summed E-state index contributed by atoms with van der Waals surface area (Å²) >= 11 is 3.57. The molecule has 0 bridgehead atoms. The molecule has 1 aliphatic heterocycles. The Hall–Kier alpha value is -1.09. The average Bonchev–Trinajstić information content (AvgIpc) is 2.41. The molecule has 0 N–H and O–H groups in total. The van der Waals surface area contributed by atoms with Crippen molar-refractivity contribution in [1.29, 1.82) is 0 Å². The molecule has 0 amide bonds. The number of benzene rings is 1. The van der Waals surface area contributed by atoms with Crippen LogP contribution in [0, 0.1) is 0 Å². The summed E-state index contributed by atoms with van der Waals surface area (Å²) in [4.78, 5) is 7.02. The molecule has 1 fully saturated rings. The van der Waals surface area contributed by atoms with Crippen LogP contribution in [0.5, 0.6) is 0 Å². The van der Waals surface area contributed by atoms with Crippen molar-refractivity contribution in [2.24, 2.45) is 0 Å². The van der Waals surface area contributed by atoms with E-state index in [-0.39, 0.29) is 0 Å². The molecular formula is C14H15BrN2. The maximum atomic E-state index is 4.61. The van der Waals surface area contributed by atoms with Crippen molar-refractivity contribution in [1.82, 2.24) is 4.98 Å². The van der Waals surface area contributed by atoms with E-state index in [2.05, 4.69) is 50.1 Å². The highest BCUT2D eigenvalue weighted by molar-refractivity contribution is 9.10. The predicted molar refractivity (Wildman–Crippen MR) is 75.5 cm³/mol. The van der Waals surface area contributed by atoms with Gasteiger partial charge in [0.1, 0.15) is 5.82 Å². The van der Waals surface area contributed by atoms with Crippen molar-refractivity contribution >= 4 is 32.5 Å². The van der Waals surface area contributed by atoms with Gasteiger partial charge in [-0.15, -0.1) is 0 Å². The van der Waals surface area contributed by atoms with Crippen molar-refractivity contribution < 1.29 is 0 Å². The zero-order valence-corrected chi connectivity index (χ0v) is 11.3. The summed E-state index contributed by atoms with van der Waals surface area (Å²) in [5, 5.41) is 2.51. The third-order valence-electron chi connectivity index (χ3n) is 3.38. The van der Waals surface area contributed by atoms with E-state index in [9.17, 15) is 0 Å². The van der Waals surface area contributed by atoms with Gasteiger partial charge in [0.15, 0.2) is 0 Å². The normalized spacial score (nSPS) is 16.4. The molecule has 3 rings (SSSR count). The monoisotopic (exact) mass is 290 g/mol. The second-order valence-corrected chi connectivity index (χ2v) is 5.38. The Morgan fingerprint density at radius 1 is 1.00 bits per heavy atom. The molecule has 2 heterocycles. The van der Waals surface area contributed by atoms with Crippen LogP contribution in [0.25, 0.3) is 10.8 Å². The van der Waals surface area contributed by atoms with Gasteiger partial charge in [0.25, 0.3) is 0 Å². The number of piperidine rings is 1. The second kappa shape index (κ2) is 4.65. The summed E-state index contributed by atoms with van der Waals surface area (Å²) in [6.45, 7) is 2.28. The van der Waals surface area contributed by atoms with Crippen LogP contribution >= 0.6 is 15.9 Å². The number of rotatable bonds is 1. The van der Waals surface area contributed by atoms with Gasteiger partial charge < -0.3 is 4.90 Å². The fourth-order valence-electron chi connectivity index (χ4n) is 2.50. The smallest absolute Gasteiger partial charge is 0.136 e. The zero-order chi connectivity index (χ0) is 11.7. The first kappa shape index (κ1) is 11.0. The number of nitrogens with zero attached hydrogens (tertiary/aromatic N) is 2. The molecule has 2 nitrogen and oxygen atoms in total. The molecule has 17 heavy (non-hydrogen) atoms. The highest BCUT2D eigenvalue weighted by Gasteiger charge is 2.15. The summed E-state index contributed by atoms with van der Waals surface area (Å²) < 4.78 is 1.08. The number of fused-ring (bicyclic) bond motifs is 1. The number of pyridine rings is 1. The van der Waals surface area contributed by atoms with Crippen molar-refractivity contribution in [3.05, 3.63) is 34.9 Å². The highest BCUT2D eigenvalue weighted by atomic mass is 79.9. The Kier molecular flexibility index (Phi) is 3.02. The van der Waals surface area contributed by atoms with E-state index in [1.54, 1.807) is 0 Å². The van der Waals surface area contributed by atoms with Crippen LogP contribution in [0.15, 0.2) is 34.9 Å². The maximum Gasteiger partial charge on any atom is 0.136 e. The molecule has 1 aliphatic rings. The quantitative estimate of drug-likeness (QED) is 0.790. The molecule has 88 valence electrons. The molecule has 0 spiro atoms. The van der Waals surface area contributed by atoms with Crippen LogP contribution in [0.2, 0.25) is 0 Å². The summed E-state index contributed by atoms with van der Waals surface area (Å²) in [6.07, 6.45) is 5.84. The first-order valence-corrected chi connectivity index (χ1v) is 6.94. The molecule has 0 atom stereocenters. The van der Waals surface area contributed by atoms with Gasteiger partial charge in [0, 0.05) is 34.5 Å². The average molecular weight is 291 g/mol. The van der Waals surface area contributed by atoms with Crippen LogP contribution in [0.3, 0.4) is 0 Å². The van der Waals surface area contributed by atoms with Gasteiger partial charge in [-0.05, 0) is 35.2 Å². The molecule has 0 unspecified atom stereocenters. The lowest BCUT2D eigenvalue weighted by molar-refractivity contribution is 0.575. The number of anilines is 1. The van der Waals surface area contributed by atoms with Crippen LogP contribution in [-0.4, -0.2) is 18.1 Å². The van der Waals surface area contributed by atoms with Crippen molar-refractivity contribution in [2.45, 2.75) is 19.3 Å². The molecule has 1 aromatic carbocycles. The van der Waals surface area contributed by atoms with Crippen molar-refractivity contribution in [3.8, 4) is 0 Å². The molecule has 1 aromatic heterocycles. The Morgan fingerprint density at radius 2 is 1.71 bits per heavy atom. The van der Waals surface area contributed by atoms with E-state index in [1.807, 2.05) is 6.20 Å². The lowest BCUT2D eigenvalue weighted by atomic mass is 10.1. The first-order valence-electron chi connectivity index (χ1n) is 6.14. The number of hydrogen-bond donors (Lipinski definition) is 0. The van der Waals surface area contributed by atoms with Crippen molar-refractivity contribution in [3.63, 3.8) is 0 Å². The standard InChI is InChI=1S/C14H15BrN2/c15-13-10-16-14(17-8-4-1-5-9-17)12-7-3-2-6-11(12)13/h2-3,6-7,10H,1,4-5,8-9H2. The van der Waals surface area contributed by atoms with E-state index < -0.39 is 0 Å². The van der Waals surface area contributed by atoms with Gasteiger partial charge in [-0.2, -0.15) is 0 Å². The minimum atomic E-state index is 1.08. The number of aromatic nitrogens is 1. The molecule has 2 aromatic rings. The summed E-state index contributed by atoms with van der Waals surface area (Å²) in [5.74, 6) is 1.14. The minimum absolute atomic E-state index is 1.08. The lowest BCUT2D eigenvalue weighted by Gasteiger charge is -2.28. The largest absolute Gasteiger partial charge is 0.356 e. The summed E-state index contributed by atoms with van der Waals surface area (Å²) in [6, 6.07) is 8.47. The zero-order valence-electron chi connectivity index (χ0n) is 9.69. The molecule has 3 heteroatoms. The lowest BCUT2D eigenvalue weighted by Crippen LogP contribution is -2.30. The molecule has 0 saturated carbocycles. The van der Waals surface area contributed by atoms with Crippen LogP contribution in [-0.2, 0) is 0 Å². The molecule has 1 saturated heterocycles. The maximum absolute atomic E-state index is 4.61. The Labute approximate surface area is 110 Å². The van der Waals surface area contributed by atoms with Crippen LogP contribution in [0.4, 0.5) is 5.82 Å². The number of halogens is 1. The fourth-order valence-corrected chi connectivity index (χ4v) is 2.95. The summed E-state index contributed by atoms with van der Waals surface area (Å²) in [7, 11) is 0. The SMILES string of the molecule is Brc1cnc(N2CCCCC2)c2ccccc12. The van der Waals surface area contributed by atoms with E-state index in [4.69, 9.17) is 0 Å². The van der Waals surface area contributed by atoms with Gasteiger partial charge >= 0.3 is 0 Å². The predicted octanol–water partition coefficient (Wildman–Crippen LogP) is 3.99. The van der Waals surface area contributed by atoms with E-state index in [1.165, 1.54) is 30.0 Å². The van der Waals surface area contributed by atoms with E-state index in [0.717, 1.165) is 23.4 Å². The topological polar surface area (TPSA) is 16.1 Å². The summed E-state index contributed by atoms with van der Waals surface area (Å²) in [5.41, 5.74) is 0. The minimum Gasteiger partial charge on any atom is -0.356 e. The van der Waals surface area contributed by atoms with Crippen molar-refractivity contribution in [2.75, 3.05) is 18.0 Å². The van der Waals surface area contributed by atoms with Gasteiger partial charge in [0.2, 0.25) is 0 Å². The van der Waals surface area contributed by atoms with E-state index in [0.29, 0.717) is 0 Å². The van der Waals surface area contributed by atoms with Gasteiger partial charge in [-0.3, -0.25) is 0 Å². The third kappa shape index (κ3) is 2.04. The van der Waals surface area contributed by atoms with Gasteiger partial charge in [-0.25, -0.2) is 4.98 Å². The first-order chi connectivity index (χ1) is 8.36. The Morgan fingerprint density at radius 3 is 2.47 bits per heavy atom. The van der Waals surface area contributed by atoms with E-state index >= 15 is 0 Å².